The maximum Gasteiger partial charge on any atom is 0.347 e. The van der Waals surface area contributed by atoms with Crippen LogP contribution in [0.4, 0.5) is 0 Å². The number of nitrogens with two attached hydrogens (primary N) is 1. The van der Waals surface area contributed by atoms with Crippen molar-refractivity contribution in [2.75, 3.05) is 0 Å². The lowest BCUT2D eigenvalue weighted by Crippen LogP contribution is -2.34. The van der Waals surface area contributed by atoms with Gasteiger partial charge in [0.05, 0.1) is 11.2 Å². The fourth-order valence-electron chi connectivity index (χ4n) is 1.69. The number of nitrogens with zero attached hydrogens (tertiary/aromatic N) is 1. The number of aryl methyl sites for hydroxylation is 1. The van der Waals surface area contributed by atoms with Crippen molar-refractivity contribution in [2.24, 2.45) is 5.73 Å². The van der Waals surface area contributed by atoms with E-state index in [1.165, 1.54) is 11.3 Å². The number of hydrogen-bond donors (Lipinski definition) is 2. The summed E-state index contributed by atoms with van der Waals surface area (Å²) in [5.74, 6) is -0.897. The minimum atomic E-state index is -0.897. The second-order valence-electron chi connectivity index (χ2n) is 4.21. The van der Waals surface area contributed by atoms with Gasteiger partial charge >= 0.3 is 5.97 Å². The minimum absolute atomic E-state index is 0.346. The molecule has 3 N–H and O–H groups in total. The lowest BCUT2D eigenvalue weighted by Gasteiger charge is -2.23. The van der Waals surface area contributed by atoms with Gasteiger partial charge in [0.1, 0.15) is 9.88 Å². The van der Waals surface area contributed by atoms with Crippen LogP contribution in [0.2, 0.25) is 0 Å². The second kappa shape index (κ2) is 5.60. The summed E-state index contributed by atoms with van der Waals surface area (Å²) in [6.45, 7) is 6.02. The zero-order valence-electron chi connectivity index (χ0n) is 10.6. The summed E-state index contributed by atoms with van der Waals surface area (Å²) in [7, 11) is 0. The van der Waals surface area contributed by atoms with E-state index in [4.69, 9.17) is 10.8 Å². The van der Waals surface area contributed by atoms with Crippen molar-refractivity contribution in [1.29, 1.82) is 0 Å². The Bertz CT molecular complexity index is 397. The fraction of sp³-hybridized carbons (Fsp3) is 0.667. The average molecular weight is 256 g/mol. The van der Waals surface area contributed by atoms with E-state index in [2.05, 4.69) is 4.98 Å². The van der Waals surface area contributed by atoms with E-state index in [0.29, 0.717) is 17.0 Å². The van der Waals surface area contributed by atoms with Crippen LogP contribution in [0.15, 0.2) is 0 Å². The highest BCUT2D eigenvalue weighted by Gasteiger charge is 2.29. The van der Waals surface area contributed by atoms with Gasteiger partial charge in [0.25, 0.3) is 0 Å². The lowest BCUT2D eigenvalue weighted by molar-refractivity contribution is 0.0700. The Morgan fingerprint density at radius 3 is 2.41 bits per heavy atom. The summed E-state index contributed by atoms with van der Waals surface area (Å²) >= 11 is 1.23. The van der Waals surface area contributed by atoms with Crippen LogP contribution in [-0.4, -0.2) is 16.1 Å². The first kappa shape index (κ1) is 14.1. The van der Waals surface area contributed by atoms with Crippen LogP contribution in [-0.2, 0) is 12.0 Å². The van der Waals surface area contributed by atoms with Crippen molar-refractivity contribution in [3.05, 3.63) is 15.6 Å². The standard InChI is InChI=1S/C12H20N2O2S/c1-4-7-8-9(10(15)16)17-11(14-8)12(13,5-2)6-3/h4-7,13H2,1-3H3,(H,15,16). The maximum atomic E-state index is 11.1. The molecule has 0 saturated carbocycles. The van der Waals surface area contributed by atoms with Gasteiger partial charge in [-0.05, 0) is 19.3 Å². The molecule has 0 bridgehead atoms. The zero-order chi connectivity index (χ0) is 13.1. The van der Waals surface area contributed by atoms with Gasteiger partial charge in [-0.1, -0.05) is 27.2 Å². The van der Waals surface area contributed by atoms with Gasteiger partial charge in [0.2, 0.25) is 0 Å². The van der Waals surface area contributed by atoms with E-state index < -0.39 is 11.5 Å². The van der Waals surface area contributed by atoms with Gasteiger partial charge in [-0.25, -0.2) is 9.78 Å². The Morgan fingerprint density at radius 1 is 1.41 bits per heavy atom. The van der Waals surface area contributed by atoms with E-state index in [1.54, 1.807) is 0 Å². The molecular formula is C12H20N2O2S. The number of hydrogen-bond acceptors (Lipinski definition) is 4. The SMILES string of the molecule is CCCc1nc(C(N)(CC)CC)sc1C(=O)O. The zero-order valence-corrected chi connectivity index (χ0v) is 11.4. The average Bonchev–Trinajstić information content (AvgIpc) is 2.73. The van der Waals surface area contributed by atoms with E-state index in [-0.39, 0.29) is 0 Å². The van der Waals surface area contributed by atoms with Crippen molar-refractivity contribution < 1.29 is 9.90 Å². The van der Waals surface area contributed by atoms with Gasteiger partial charge in [0.15, 0.2) is 0 Å². The third-order valence-electron chi connectivity index (χ3n) is 3.07. The van der Waals surface area contributed by atoms with Crippen molar-refractivity contribution in [3.8, 4) is 0 Å². The summed E-state index contributed by atoms with van der Waals surface area (Å²) in [6, 6.07) is 0. The summed E-state index contributed by atoms with van der Waals surface area (Å²) in [6.07, 6.45) is 3.12. The topological polar surface area (TPSA) is 76.2 Å². The number of aromatic carboxylic acids is 1. The first-order valence-corrected chi connectivity index (χ1v) is 6.82. The number of carbonyl (C=O) groups is 1. The van der Waals surface area contributed by atoms with Crippen molar-refractivity contribution >= 4 is 17.3 Å². The predicted octanol–water partition coefficient (Wildman–Crippen LogP) is 2.77. The van der Waals surface area contributed by atoms with E-state index in [9.17, 15) is 4.79 Å². The van der Waals surface area contributed by atoms with Crippen molar-refractivity contribution in [1.82, 2.24) is 4.98 Å². The summed E-state index contributed by atoms with van der Waals surface area (Å²) < 4.78 is 0. The molecule has 0 radical (unpaired) electrons. The molecule has 1 heterocycles. The van der Waals surface area contributed by atoms with Crippen LogP contribution in [0.25, 0.3) is 0 Å². The number of carboxylic acids is 1. The van der Waals surface area contributed by atoms with Crippen LogP contribution in [0.5, 0.6) is 0 Å². The number of aromatic nitrogens is 1. The Kier molecular flexibility index (Phi) is 4.65. The third-order valence-corrected chi connectivity index (χ3v) is 4.37. The fourth-order valence-corrected chi connectivity index (χ4v) is 2.88. The summed E-state index contributed by atoms with van der Waals surface area (Å²) in [5, 5.41) is 9.90. The lowest BCUT2D eigenvalue weighted by atomic mass is 9.95. The molecule has 0 unspecified atom stereocenters. The van der Waals surface area contributed by atoms with Gasteiger partial charge in [-0.2, -0.15) is 0 Å². The molecule has 0 saturated heterocycles. The Morgan fingerprint density at radius 2 is 2.00 bits per heavy atom. The van der Waals surface area contributed by atoms with Crippen LogP contribution in [0.1, 0.15) is 60.4 Å². The molecule has 1 rings (SSSR count). The molecule has 0 aliphatic carbocycles. The van der Waals surface area contributed by atoms with Crippen LogP contribution in [0.3, 0.4) is 0 Å². The van der Waals surface area contributed by atoms with Gasteiger partial charge in [0, 0.05) is 0 Å². The summed E-state index contributed by atoms with van der Waals surface area (Å²) in [4.78, 5) is 15.9. The maximum absolute atomic E-state index is 11.1. The molecule has 0 atom stereocenters. The highest BCUT2D eigenvalue weighted by atomic mass is 32.1. The molecule has 17 heavy (non-hydrogen) atoms. The molecule has 0 aliphatic rings. The van der Waals surface area contributed by atoms with E-state index in [1.807, 2.05) is 20.8 Å². The second-order valence-corrected chi connectivity index (χ2v) is 5.21. The van der Waals surface area contributed by atoms with E-state index >= 15 is 0 Å². The molecule has 0 aromatic carbocycles. The number of rotatable bonds is 6. The smallest absolute Gasteiger partial charge is 0.347 e. The molecular weight excluding hydrogens is 236 g/mol. The minimum Gasteiger partial charge on any atom is -0.477 e. The molecule has 0 fully saturated rings. The molecule has 96 valence electrons. The molecule has 4 nitrogen and oxygen atoms in total. The number of thiazole rings is 1. The first-order valence-electron chi connectivity index (χ1n) is 6.00. The largest absolute Gasteiger partial charge is 0.477 e. The Labute approximate surface area is 106 Å². The molecule has 0 aliphatic heterocycles. The first-order chi connectivity index (χ1) is 7.98. The molecule has 5 heteroatoms. The monoisotopic (exact) mass is 256 g/mol. The van der Waals surface area contributed by atoms with E-state index in [0.717, 1.165) is 24.3 Å². The molecule has 0 amide bonds. The predicted molar refractivity (Wildman–Crippen MR) is 69.5 cm³/mol. The summed E-state index contributed by atoms with van der Waals surface area (Å²) in [5.41, 5.74) is 6.44. The van der Waals surface area contributed by atoms with Gasteiger partial charge in [-0.15, -0.1) is 11.3 Å². The van der Waals surface area contributed by atoms with Crippen molar-refractivity contribution in [3.63, 3.8) is 0 Å². The Balaban J connectivity index is 3.19. The van der Waals surface area contributed by atoms with Gasteiger partial charge in [-0.3, -0.25) is 0 Å². The molecule has 1 aromatic heterocycles. The molecule has 1 aromatic rings. The quantitative estimate of drug-likeness (QED) is 0.820. The van der Waals surface area contributed by atoms with Crippen LogP contribution < -0.4 is 5.73 Å². The highest BCUT2D eigenvalue weighted by Crippen LogP contribution is 2.31. The van der Waals surface area contributed by atoms with Gasteiger partial charge < -0.3 is 10.8 Å². The van der Waals surface area contributed by atoms with Crippen LogP contribution in [0, 0.1) is 0 Å². The van der Waals surface area contributed by atoms with Crippen molar-refractivity contribution in [2.45, 2.75) is 52.0 Å². The highest BCUT2D eigenvalue weighted by molar-refractivity contribution is 7.13. The normalized spacial score (nSPS) is 11.8. The number of carboxylic acid groups (broad SMARTS) is 1. The Hall–Kier alpha value is -0.940. The van der Waals surface area contributed by atoms with Crippen LogP contribution >= 0.6 is 11.3 Å². The molecule has 0 spiro atoms. The third kappa shape index (κ3) is 2.84.